The second-order valence-corrected chi connectivity index (χ2v) is 4.98. The molecule has 0 aliphatic carbocycles. The van der Waals surface area contributed by atoms with Crippen LogP contribution in [-0.2, 0) is 0 Å². The first-order valence-electron chi connectivity index (χ1n) is 6.11. The summed E-state index contributed by atoms with van der Waals surface area (Å²) in [6, 6.07) is 9.63. The molecule has 0 bridgehead atoms. The van der Waals surface area contributed by atoms with Gasteiger partial charge in [-0.15, -0.1) is 11.8 Å². The summed E-state index contributed by atoms with van der Waals surface area (Å²) in [5, 5.41) is 5.10. The molecule has 0 fully saturated rings. The van der Waals surface area contributed by atoms with Gasteiger partial charge >= 0.3 is 0 Å². The molecule has 1 aromatic carbocycles. The summed E-state index contributed by atoms with van der Waals surface area (Å²) in [5.74, 6) is 0.742. The molecule has 2 rings (SSSR count). The molecule has 0 saturated heterocycles. The molecule has 20 heavy (non-hydrogen) atoms. The third kappa shape index (κ3) is 3.30. The molecule has 0 N–H and O–H groups in total. The van der Waals surface area contributed by atoms with Gasteiger partial charge in [0.15, 0.2) is 0 Å². The number of thioether (sulfide) groups is 1. The number of ether oxygens (including phenoxy) is 1. The van der Waals surface area contributed by atoms with Crippen molar-refractivity contribution in [2.24, 2.45) is 0 Å². The lowest BCUT2D eigenvalue weighted by molar-refractivity contribution is 0.0910. The Balaban J connectivity index is 2.20. The lowest BCUT2D eigenvalue weighted by Crippen LogP contribution is -2.08. The molecule has 0 unspecified atom stereocenters. The first-order valence-corrected chi connectivity index (χ1v) is 7.33. The van der Waals surface area contributed by atoms with Crippen molar-refractivity contribution in [3.8, 4) is 5.75 Å². The summed E-state index contributed by atoms with van der Waals surface area (Å²) in [6.45, 7) is 1.50. The van der Waals surface area contributed by atoms with Crippen LogP contribution in [0.3, 0.4) is 0 Å². The predicted molar refractivity (Wildman–Crippen MR) is 82.2 cm³/mol. The summed E-state index contributed by atoms with van der Waals surface area (Å²) in [5.41, 5.74) is 1.81. The normalized spacial score (nSPS) is 10.9. The van der Waals surface area contributed by atoms with Gasteiger partial charge in [0.25, 0.3) is 0 Å². The van der Waals surface area contributed by atoms with E-state index in [1.54, 1.807) is 7.11 Å². The molecule has 5 heteroatoms. The van der Waals surface area contributed by atoms with Crippen molar-refractivity contribution in [3.05, 3.63) is 41.6 Å². The predicted octanol–water partition coefficient (Wildman–Crippen LogP) is 3.44. The third-order valence-electron chi connectivity index (χ3n) is 2.77. The smallest absolute Gasteiger partial charge is 0.244 e. The molecule has 0 spiro atoms. The van der Waals surface area contributed by atoms with E-state index in [1.807, 2.05) is 48.7 Å². The first kappa shape index (κ1) is 14.4. The average Bonchev–Trinajstić information content (AvgIpc) is 2.89. The van der Waals surface area contributed by atoms with Crippen LogP contribution in [0.25, 0.3) is 12.2 Å². The van der Waals surface area contributed by atoms with E-state index in [0.29, 0.717) is 0 Å². The van der Waals surface area contributed by atoms with Crippen LogP contribution in [-0.4, -0.2) is 29.1 Å². The van der Waals surface area contributed by atoms with Crippen LogP contribution >= 0.6 is 11.8 Å². The lowest BCUT2D eigenvalue weighted by Gasteiger charge is -1.98. The quantitative estimate of drug-likeness (QED) is 0.808. The maximum absolute atomic E-state index is 11.4. The van der Waals surface area contributed by atoms with Crippen LogP contribution in [0.15, 0.2) is 35.4 Å². The van der Waals surface area contributed by atoms with Crippen LogP contribution in [0.5, 0.6) is 5.75 Å². The molecule has 0 aliphatic rings. The van der Waals surface area contributed by atoms with E-state index < -0.39 is 0 Å². The Kier molecular flexibility index (Phi) is 4.63. The van der Waals surface area contributed by atoms with Gasteiger partial charge < -0.3 is 4.74 Å². The highest BCUT2D eigenvalue weighted by Gasteiger charge is 2.08. The standard InChI is InChI=1S/C15H16N2O2S/c1-11(18)17-15(20-3)10-13(16-17)7-4-12-5-8-14(19-2)9-6-12/h4-10H,1-3H3/b7-4+. The molecular weight excluding hydrogens is 272 g/mol. The number of aromatic nitrogens is 2. The topological polar surface area (TPSA) is 44.1 Å². The maximum Gasteiger partial charge on any atom is 0.244 e. The van der Waals surface area contributed by atoms with Crippen LogP contribution in [0.1, 0.15) is 23.0 Å². The molecule has 104 valence electrons. The van der Waals surface area contributed by atoms with Gasteiger partial charge in [-0.2, -0.15) is 9.78 Å². The fourth-order valence-corrected chi connectivity index (χ4v) is 2.31. The molecule has 1 aromatic heterocycles. The number of nitrogens with zero attached hydrogens (tertiary/aromatic N) is 2. The van der Waals surface area contributed by atoms with Crippen molar-refractivity contribution in [1.29, 1.82) is 0 Å². The fraction of sp³-hybridized carbons (Fsp3) is 0.200. The second-order valence-electron chi connectivity index (χ2n) is 4.15. The number of hydrogen-bond acceptors (Lipinski definition) is 4. The van der Waals surface area contributed by atoms with Crippen molar-refractivity contribution in [3.63, 3.8) is 0 Å². The zero-order valence-corrected chi connectivity index (χ0v) is 12.5. The third-order valence-corrected chi connectivity index (χ3v) is 3.47. The number of benzene rings is 1. The molecule has 1 heterocycles. The molecule has 0 radical (unpaired) electrons. The van der Waals surface area contributed by atoms with E-state index in [1.165, 1.54) is 23.4 Å². The van der Waals surface area contributed by atoms with Gasteiger partial charge in [-0.05, 0) is 36.1 Å². The number of carbonyl (C=O) groups excluding carboxylic acids is 1. The van der Waals surface area contributed by atoms with Crippen molar-refractivity contribution in [2.45, 2.75) is 11.9 Å². The summed E-state index contributed by atoms with van der Waals surface area (Å²) >= 11 is 1.50. The molecule has 0 amide bonds. The van der Waals surface area contributed by atoms with Gasteiger partial charge in [-0.1, -0.05) is 18.2 Å². The summed E-state index contributed by atoms with van der Waals surface area (Å²) in [7, 11) is 1.64. The number of methoxy groups -OCH3 is 1. The van der Waals surface area contributed by atoms with Crippen LogP contribution in [0, 0.1) is 0 Å². The molecular formula is C15H16N2O2S. The molecule has 0 atom stereocenters. The Labute approximate surface area is 122 Å². The number of hydrogen-bond donors (Lipinski definition) is 0. The Morgan fingerprint density at radius 1 is 1.30 bits per heavy atom. The zero-order valence-electron chi connectivity index (χ0n) is 11.7. The summed E-state index contributed by atoms with van der Waals surface area (Å²) in [6.07, 6.45) is 5.77. The van der Waals surface area contributed by atoms with E-state index >= 15 is 0 Å². The van der Waals surface area contributed by atoms with E-state index in [4.69, 9.17) is 4.74 Å². The first-order chi connectivity index (χ1) is 9.63. The monoisotopic (exact) mass is 288 g/mol. The van der Waals surface area contributed by atoms with E-state index in [-0.39, 0.29) is 5.91 Å². The van der Waals surface area contributed by atoms with E-state index in [2.05, 4.69) is 5.10 Å². The Morgan fingerprint density at radius 2 is 2.00 bits per heavy atom. The highest BCUT2D eigenvalue weighted by atomic mass is 32.2. The van der Waals surface area contributed by atoms with Crippen molar-refractivity contribution >= 4 is 29.8 Å². The Hall–Kier alpha value is -2.01. The molecule has 2 aromatic rings. The van der Waals surface area contributed by atoms with Gasteiger partial charge in [-0.25, -0.2) is 0 Å². The summed E-state index contributed by atoms with van der Waals surface area (Å²) < 4.78 is 6.53. The van der Waals surface area contributed by atoms with Crippen LogP contribution in [0.2, 0.25) is 0 Å². The van der Waals surface area contributed by atoms with Crippen molar-refractivity contribution in [1.82, 2.24) is 9.78 Å². The lowest BCUT2D eigenvalue weighted by atomic mass is 10.2. The van der Waals surface area contributed by atoms with Gasteiger partial charge in [0, 0.05) is 6.92 Å². The minimum atomic E-state index is -0.0848. The number of carbonyl (C=O) groups is 1. The highest BCUT2D eigenvalue weighted by Crippen LogP contribution is 2.18. The SMILES string of the molecule is COc1ccc(/C=C/c2cc(SC)n(C(C)=O)n2)cc1. The zero-order chi connectivity index (χ0) is 14.5. The Bertz CT molecular complexity index is 630. The second kappa shape index (κ2) is 6.43. The van der Waals surface area contributed by atoms with E-state index in [9.17, 15) is 4.79 Å². The fourth-order valence-electron chi connectivity index (χ4n) is 1.73. The van der Waals surface area contributed by atoms with Crippen molar-refractivity contribution < 1.29 is 9.53 Å². The van der Waals surface area contributed by atoms with Gasteiger partial charge in [0.2, 0.25) is 5.91 Å². The largest absolute Gasteiger partial charge is 0.497 e. The van der Waals surface area contributed by atoms with Gasteiger partial charge in [0.05, 0.1) is 12.8 Å². The average molecular weight is 288 g/mol. The highest BCUT2D eigenvalue weighted by molar-refractivity contribution is 7.98. The molecule has 0 saturated carbocycles. The Morgan fingerprint density at radius 3 is 2.50 bits per heavy atom. The van der Waals surface area contributed by atoms with Gasteiger partial charge in [-0.3, -0.25) is 4.79 Å². The summed E-state index contributed by atoms with van der Waals surface area (Å²) in [4.78, 5) is 11.4. The minimum absolute atomic E-state index is 0.0848. The van der Waals surface area contributed by atoms with Gasteiger partial charge in [0.1, 0.15) is 10.8 Å². The number of rotatable bonds is 4. The molecule has 0 aliphatic heterocycles. The molecule has 4 nitrogen and oxygen atoms in total. The van der Waals surface area contributed by atoms with Crippen LogP contribution in [0.4, 0.5) is 0 Å². The van der Waals surface area contributed by atoms with E-state index in [0.717, 1.165) is 22.0 Å². The van der Waals surface area contributed by atoms with Crippen molar-refractivity contribution in [2.75, 3.05) is 13.4 Å². The van der Waals surface area contributed by atoms with Crippen LogP contribution < -0.4 is 4.74 Å². The maximum atomic E-state index is 11.4. The minimum Gasteiger partial charge on any atom is -0.497 e.